The predicted octanol–water partition coefficient (Wildman–Crippen LogP) is 1.67. The van der Waals surface area contributed by atoms with Crippen LogP contribution in [-0.2, 0) is 6.42 Å². The van der Waals surface area contributed by atoms with Crippen LogP contribution < -0.4 is 17.1 Å². The van der Waals surface area contributed by atoms with Crippen molar-refractivity contribution in [2.75, 3.05) is 0 Å². The summed E-state index contributed by atoms with van der Waals surface area (Å²) in [6.07, 6.45) is 0.928. The molecule has 1 aromatic rings. The Hall–Kier alpha value is -1.55. The summed E-state index contributed by atoms with van der Waals surface area (Å²) >= 11 is 0. The van der Waals surface area contributed by atoms with Gasteiger partial charge in [-0.3, -0.25) is 0 Å². The number of hydrogen-bond donors (Lipinski definition) is 3. The highest BCUT2D eigenvalue weighted by atomic mass is 15.3. The van der Waals surface area contributed by atoms with E-state index in [2.05, 4.69) is 30.4 Å². The third kappa shape index (κ3) is 3.55. The molecule has 0 aliphatic heterocycles. The average molecular weight is 222 g/mol. The number of hydrazone groups is 1. The normalized spacial score (nSPS) is 10.4. The minimum Gasteiger partial charge on any atom is -0.321 e. The second kappa shape index (κ2) is 7.70. The number of hydrogen-bond acceptors (Lipinski definition) is 3. The van der Waals surface area contributed by atoms with Crippen molar-refractivity contribution in [3.63, 3.8) is 0 Å². The summed E-state index contributed by atoms with van der Waals surface area (Å²) in [5.41, 5.74) is 5.86. The summed E-state index contributed by atoms with van der Waals surface area (Å²) in [7, 11) is 0. The van der Waals surface area contributed by atoms with Crippen LogP contribution in [0.2, 0.25) is 0 Å². The van der Waals surface area contributed by atoms with Gasteiger partial charge in [-0.25, -0.2) is 5.84 Å². The van der Waals surface area contributed by atoms with E-state index >= 15 is 0 Å². The van der Waals surface area contributed by atoms with Crippen molar-refractivity contribution in [1.29, 1.82) is 0 Å². The number of benzene rings is 1. The van der Waals surface area contributed by atoms with Crippen molar-refractivity contribution in [3.8, 4) is 0 Å². The van der Waals surface area contributed by atoms with E-state index in [1.807, 2.05) is 26.0 Å². The fourth-order valence-corrected chi connectivity index (χ4v) is 1.43. The molecule has 90 valence electrons. The highest BCUT2D eigenvalue weighted by molar-refractivity contribution is 5.99. The second-order valence-electron chi connectivity index (χ2n) is 3.14. The van der Waals surface area contributed by atoms with Crippen LogP contribution in [0.3, 0.4) is 0 Å². The fraction of sp³-hybridized carbons (Fsp3) is 0.417. The van der Waals surface area contributed by atoms with Gasteiger partial charge in [0.1, 0.15) is 0 Å². The van der Waals surface area contributed by atoms with E-state index in [0.29, 0.717) is 5.84 Å². The molecule has 0 heterocycles. The molecule has 0 spiro atoms. The lowest BCUT2D eigenvalue weighted by molar-refractivity contribution is 0.994. The van der Waals surface area contributed by atoms with Gasteiger partial charge in [0.2, 0.25) is 0 Å². The van der Waals surface area contributed by atoms with Gasteiger partial charge in [0.05, 0.1) is 0 Å². The van der Waals surface area contributed by atoms with Crippen molar-refractivity contribution in [3.05, 3.63) is 34.9 Å². The number of nitrogens with one attached hydrogen (secondary N) is 1. The highest BCUT2D eigenvalue weighted by Crippen LogP contribution is 2.12. The fourth-order valence-electron chi connectivity index (χ4n) is 1.43. The second-order valence-corrected chi connectivity index (χ2v) is 3.14. The summed E-state index contributed by atoms with van der Waals surface area (Å²) < 4.78 is 0. The topological polar surface area (TPSA) is 76.4 Å². The highest BCUT2D eigenvalue weighted by Gasteiger charge is 2.06. The Balaban J connectivity index is 0.00000106. The Morgan fingerprint density at radius 3 is 2.44 bits per heavy atom. The maximum atomic E-state index is 5.32. The first kappa shape index (κ1) is 14.5. The van der Waals surface area contributed by atoms with Crippen LogP contribution in [0, 0.1) is 6.92 Å². The maximum absolute atomic E-state index is 5.32. The minimum absolute atomic E-state index is 0.516. The van der Waals surface area contributed by atoms with E-state index in [4.69, 9.17) is 11.7 Å². The van der Waals surface area contributed by atoms with E-state index < -0.39 is 0 Å². The first-order chi connectivity index (χ1) is 7.72. The van der Waals surface area contributed by atoms with Crippen molar-refractivity contribution >= 4 is 5.84 Å². The molecule has 0 aliphatic carbocycles. The minimum atomic E-state index is 0.516. The lowest BCUT2D eigenvalue weighted by atomic mass is 10.0. The SMILES string of the molecule is CC.CCc1cc(C)ccc1/C(=N/N)NN. The first-order valence-electron chi connectivity index (χ1n) is 5.57. The van der Waals surface area contributed by atoms with Crippen molar-refractivity contribution in [1.82, 2.24) is 5.43 Å². The molecule has 4 heteroatoms. The number of nitrogens with two attached hydrogens (primary N) is 2. The molecule has 0 aliphatic rings. The van der Waals surface area contributed by atoms with Gasteiger partial charge >= 0.3 is 0 Å². The molecule has 0 aromatic heterocycles. The molecule has 0 bridgehead atoms. The smallest absolute Gasteiger partial charge is 0.167 e. The lowest BCUT2D eigenvalue weighted by Gasteiger charge is -2.10. The predicted molar refractivity (Wildman–Crippen MR) is 70.0 cm³/mol. The van der Waals surface area contributed by atoms with Gasteiger partial charge in [-0.05, 0) is 18.9 Å². The molecule has 0 amide bonds. The summed E-state index contributed by atoms with van der Waals surface area (Å²) in [5, 5.41) is 3.60. The summed E-state index contributed by atoms with van der Waals surface area (Å²) in [5.74, 6) is 11.1. The van der Waals surface area contributed by atoms with E-state index in [0.717, 1.165) is 12.0 Å². The van der Waals surface area contributed by atoms with E-state index in [1.54, 1.807) is 0 Å². The van der Waals surface area contributed by atoms with Gasteiger partial charge in [0.15, 0.2) is 5.84 Å². The first-order valence-corrected chi connectivity index (χ1v) is 5.57. The largest absolute Gasteiger partial charge is 0.321 e. The van der Waals surface area contributed by atoms with E-state index in [-0.39, 0.29) is 0 Å². The zero-order valence-corrected chi connectivity index (χ0v) is 10.5. The maximum Gasteiger partial charge on any atom is 0.167 e. The van der Waals surface area contributed by atoms with E-state index in [9.17, 15) is 0 Å². The van der Waals surface area contributed by atoms with Gasteiger partial charge in [-0.1, -0.05) is 44.5 Å². The molecular formula is C12H22N4. The summed E-state index contributed by atoms with van der Waals surface area (Å²) in [4.78, 5) is 0. The van der Waals surface area contributed by atoms with Gasteiger partial charge in [-0.2, -0.15) is 5.10 Å². The molecule has 5 N–H and O–H groups in total. The molecule has 0 unspecified atom stereocenters. The molecule has 1 rings (SSSR count). The van der Waals surface area contributed by atoms with Crippen molar-refractivity contribution in [2.45, 2.75) is 34.1 Å². The Morgan fingerprint density at radius 1 is 1.38 bits per heavy atom. The summed E-state index contributed by atoms with van der Waals surface area (Å²) in [6, 6.07) is 6.09. The average Bonchev–Trinajstić information content (AvgIpc) is 2.34. The molecule has 0 saturated heterocycles. The van der Waals surface area contributed by atoms with Crippen LogP contribution in [0.1, 0.15) is 37.5 Å². The van der Waals surface area contributed by atoms with Crippen LogP contribution in [0.5, 0.6) is 0 Å². The molecule has 0 atom stereocenters. The zero-order chi connectivity index (χ0) is 12.6. The van der Waals surface area contributed by atoms with Gasteiger partial charge < -0.3 is 11.3 Å². The van der Waals surface area contributed by atoms with Crippen molar-refractivity contribution in [2.24, 2.45) is 16.8 Å². The monoisotopic (exact) mass is 222 g/mol. The Bertz CT molecular complexity index is 345. The van der Waals surface area contributed by atoms with Crippen LogP contribution >= 0.6 is 0 Å². The van der Waals surface area contributed by atoms with Crippen LogP contribution in [0.15, 0.2) is 23.3 Å². The Labute approximate surface area is 97.7 Å². The number of amidine groups is 1. The van der Waals surface area contributed by atoms with E-state index in [1.165, 1.54) is 11.1 Å². The molecule has 0 saturated carbocycles. The molecule has 16 heavy (non-hydrogen) atoms. The number of aryl methyl sites for hydroxylation is 2. The van der Waals surface area contributed by atoms with Crippen molar-refractivity contribution < 1.29 is 0 Å². The molecule has 4 nitrogen and oxygen atoms in total. The third-order valence-corrected chi connectivity index (χ3v) is 2.16. The number of nitrogens with zero attached hydrogens (tertiary/aromatic N) is 1. The number of rotatable bonds is 2. The third-order valence-electron chi connectivity index (χ3n) is 2.16. The van der Waals surface area contributed by atoms with Crippen LogP contribution in [0.25, 0.3) is 0 Å². The number of hydrazine groups is 1. The zero-order valence-electron chi connectivity index (χ0n) is 10.5. The standard InChI is InChI=1S/C10H16N4.C2H6/c1-3-8-6-7(2)4-5-9(8)10(13-11)14-12;1-2/h4-6H,3,11-12H2,1-2H3,(H,13,14);1-2H3. The van der Waals surface area contributed by atoms with Gasteiger partial charge in [-0.15, -0.1) is 0 Å². The summed E-state index contributed by atoms with van der Waals surface area (Å²) in [6.45, 7) is 8.14. The Morgan fingerprint density at radius 2 is 2.00 bits per heavy atom. The van der Waals surface area contributed by atoms with Gasteiger partial charge in [0, 0.05) is 5.56 Å². The molecule has 0 fully saturated rings. The molecular weight excluding hydrogens is 200 g/mol. The van der Waals surface area contributed by atoms with Crippen LogP contribution in [-0.4, -0.2) is 5.84 Å². The molecule has 1 aromatic carbocycles. The quantitative estimate of drug-likeness (QED) is 0.308. The lowest BCUT2D eigenvalue weighted by Crippen LogP contribution is -2.32. The van der Waals surface area contributed by atoms with Gasteiger partial charge in [0.25, 0.3) is 0 Å². The Kier molecular flexibility index (Phi) is 6.96. The molecule has 0 radical (unpaired) electrons. The van der Waals surface area contributed by atoms with Crippen LogP contribution in [0.4, 0.5) is 0 Å².